The lowest BCUT2D eigenvalue weighted by atomic mass is 10.1. The number of amides is 1. The molecule has 0 aromatic heterocycles. The Balaban J connectivity index is 1.94. The molecule has 1 saturated heterocycles. The van der Waals surface area contributed by atoms with Gasteiger partial charge in [-0.2, -0.15) is 0 Å². The Morgan fingerprint density at radius 2 is 2.10 bits per heavy atom. The Morgan fingerprint density at radius 1 is 1.38 bits per heavy atom. The molecule has 1 amide bonds. The molecule has 2 N–H and O–H groups in total. The second kappa shape index (κ2) is 7.19. The zero-order valence-corrected chi connectivity index (χ0v) is 12.0. The van der Waals surface area contributed by atoms with Crippen LogP contribution in [0.4, 0.5) is 0 Å². The number of carboxylic acids is 1. The quantitative estimate of drug-likeness (QED) is 0.840. The predicted molar refractivity (Wildman–Crippen MR) is 77.6 cm³/mol. The molecule has 2 rings (SSSR count). The van der Waals surface area contributed by atoms with E-state index in [1.165, 1.54) is 12.1 Å². The van der Waals surface area contributed by atoms with E-state index in [-0.39, 0.29) is 23.1 Å². The second-order valence-electron chi connectivity index (χ2n) is 4.95. The van der Waals surface area contributed by atoms with Crippen molar-refractivity contribution in [1.82, 2.24) is 10.2 Å². The summed E-state index contributed by atoms with van der Waals surface area (Å²) in [6, 6.07) is 6.19. The van der Waals surface area contributed by atoms with Gasteiger partial charge in [-0.1, -0.05) is 19.1 Å². The van der Waals surface area contributed by atoms with Crippen LogP contribution in [0.5, 0.6) is 0 Å². The van der Waals surface area contributed by atoms with Crippen molar-refractivity contribution in [1.29, 1.82) is 0 Å². The van der Waals surface area contributed by atoms with E-state index in [1.54, 1.807) is 12.1 Å². The number of carbonyl (C=O) groups excluding carboxylic acids is 1. The number of morpholine rings is 1. The van der Waals surface area contributed by atoms with Gasteiger partial charge in [0.2, 0.25) is 0 Å². The minimum atomic E-state index is -1.10. The lowest BCUT2D eigenvalue weighted by Crippen LogP contribution is -2.47. The Hall–Kier alpha value is -1.92. The number of nitrogens with one attached hydrogen (secondary N) is 1. The monoisotopic (exact) mass is 292 g/mol. The highest BCUT2D eigenvalue weighted by molar-refractivity contribution is 6.04. The van der Waals surface area contributed by atoms with E-state index in [0.29, 0.717) is 13.2 Å². The molecule has 1 aromatic carbocycles. The molecule has 1 atom stereocenters. The summed E-state index contributed by atoms with van der Waals surface area (Å²) in [4.78, 5) is 25.5. The van der Waals surface area contributed by atoms with Gasteiger partial charge in [0.1, 0.15) is 0 Å². The first-order chi connectivity index (χ1) is 10.1. The average molecular weight is 292 g/mol. The molecule has 6 nitrogen and oxygen atoms in total. The molecule has 1 aliphatic heterocycles. The van der Waals surface area contributed by atoms with Crippen LogP contribution in [0.1, 0.15) is 27.6 Å². The Labute approximate surface area is 123 Å². The molecule has 0 aliphatic carbocycles. The minimum absolute atomic E-state index is 0.00903. The fourth-order valence-electron chi connectivity index (χ4n) is 2.36. The molecule has 114 valence electrons. The third kappa shape index (κ3) is 4.03. The zero-order chi connectivity index (χ0) is 15.2. The molecule has 1 aliphatic rings. The fraction of sp³-hybridized carbons (Fsp3) is 0.467. The molecular formula is C15H20N2O4. The number of nitrogens with zero attached hydrogens (tertiary/aromatic N) is 1. The number of hydrogen-bond donors (Lipinski definition) is 2. The molecule has 1 aromatic rings. The Bertz CT molecular complexity index is 518. The first-order valence-corrected chi connectivity index (χ1v) is 7.06. The van der Waals surface area contributed by atoms with E-state index in [4.69, 9.17) is 9.84 Å². The number of aromatic carboxylic acids is 1. The highest BCUT2D eigenvalue weighted by atomic mass is 16.5. The van der Waals surface area contributed by atoms with Crippen LogP contribution in [0, 0.1) is 0 Å². The average Bonchev–Trinajstić information content (AvgIpc) is 2.52. The van der Waals surface area contributed by atoms with E-state index in [0.717, 1.165) is 19.6 Å². The maximum absolute atomic E-state index is 12.1. The lowest BCUT2D eigenvalue weighted by molar-refractivity contribution is -0.0246. The highest BCUT2D eigenvalue weighted by Crippen LogP contribution is 2.09. The van der Waals surface area contributed by atoms with Gasteiger partial charge in [0.15, 0.2) is 0 Å². The summed E-state index contributed by atoms with van der Waals surface area (Å²) in [7, 11) is 0. The van der Waals surface area contributed by atoms with Crippen molar-refractivity contribution in [2.45, 2.75) is 13.0 Å². The van der Waals surface area contributed by atoms with Crippen LogP contribution in [0.25, 0.3) is 0 Å². The van der Waals surface area contributed by atoms with Gasteiger partial charge in [0, 0.05) is 19.6 Å². The van der Waals surface area contributed by atoms with Gasteiger partial charge in [0.25, 0.3) is 5.91 Å². The number of likely N-dealkylation sites (N-methyl/N-ethyl adjacent to an activating group) is 1. The molecule has 6 heteroatoms. The summed E-state index contributed by atoms with van der Waals surface area (Å²) in [6.07, 6.45) is -0.0559. The molecule has 1 fully saturated rings. The van der Waals surface area contributed by atoms with Crippen molar-refractivity contribution in [3.8, 4) is 0 Å². The Kier molecular flexibility index (Phi) is 5.30. The molecule has 1 heterocycles. The van der Waals surface area contributed by atoms with E-state index in [2.05, 4.69) is 17.1 Å². The molecule has 0 radical (unpaired) electrons. The van der Waals surface area contributed by atoms with E-state index < -0.39 is 5.97 Å². The molecular weight excluding hydrogens is 272 g/mol. The molecule has 0 spiro atoms. The van der Waals surface area contributed by atoms with Crippen LogP contribution in [-0.2, 0) is 4.74 Å². The van der Waals surface area contributed by atoms with Gasteiger partial charge in [-0.15, -0.1) is 0 Å². The third-order valence-electron chi connectivity index (χ3n) is 3.56. The maximum atomic E-state index is 12.1. The topological polar surface area (TPSA) is 78.9 Å². The van der Waals surface area contributed by atoms with Crippen molar-refractivity contribution >= 4 is 11.9 Å². The van der Waals surface area contributed by atoms with Crippen molar-refractivity contribution in [2.24, 2.45) is 0 Å². The minimum Gasteiger partial charge on any atom is -0.478 e. The lowest BCUT2D eigenvalue weighted by Gasteiger charge is -2.32. The van der Waals surface area contributed by atoms with Gasteiger partial charge in [0.05, 0.1) is 23.8 Å². The van der Waals surface area contributed by atoms with Crippen LogP contribution < -0.4 is 5.32 Å². The van der Waals surface area contributed by atoms with Gasteiger partial charge in [-0.3, -0.25) is 9.69 Å². The van der Waals surface area contributed by atoms with Gasteiger partial charge in [-0.05, 0) is 18.7 Å². The van der Waals surface area contributed by atoms with Gasteiger partial charge < -0.3 is 15.2 Å². The maximum Gasteiger partial charge on any atom is 0.336 e. The number of rotatable bonds is 5. The first kappa shape index (κ1) is 15.5. The number of carboxylic acid groups (broad SMARTS) is 1. The molecule has 21 heavy (non-hydrogen) atoms. The van der Waals surface area contributed by atoms with Crippen molar-refractivity contribution in [3.05, 3.63) is 35.4 Å². The summed E-state index contributed by atoms with van der Waals surface area (Å²) >= 11 is 0. The Morgan fingerprint density at radius 3 is 2.76 bits per heavy atom. The van der Waals surface area contributed by atoms with E-state index in [9.17, 15) is 9.59 Å². The van der Waals surface area contributed by atoms with Crippen LogP contribution in [0.3, 0.4) is 0 Å². The summed E-state index contributed by atoms with van der Waals surface area (Å²) in [5.74, 6) is -1.49. The van der Waals surface area contributed by atoms with Crippen LogP contribution in [-0.4, -0.2) is 60.8 Å². The smallest absolute Gasteiger partial charge is 0.336 e. The highest BCUT2D eigenvalue weighted by Gasteiger charge is 2.21. The summed E-state index contributed by atoms with van der Waals surface area (Å²) < 4.78 is 5.60. The SMILES string of the molecule is CCN1CCOC(CNC(=O)c2ccccc2C(=O)O)C1. The molecule has 0 bridgehead atoms. The van der Waals surface area contributed by atoms with Crippen molar-refractivity contribution < 1.29 is 19.4 Å². The van der Waals surface area contributed by atoms with Crippen LogP contribution in [0.2, 0.25) is 0 Å². The predicted octanol–water partition coefficient (Wildman–Crippen LogP) is 0.835. The summed E-state index contributed by atoms with van der Waals surface area (Å²) in [5.41, 5.74) is 0.183. The number of hydrogen-bond acceptors (Lipinski definition) is 4. The van der Waals surface area contributed by atoms with Gasteiger partial charge >= 0.3 is 5.97 Å². The number of carbonyl (C=O) groups is 2. The van der Waals surface area contributed by atoms with Gasteiger partial charge in [-0.25, -0.2) is 4.79 Å². The number of ether oxygens (including phenoxy) is 1. The summed E-state index contributed by atoms with van der Waals surface area (Å²) in [6.45, 7) is 5.75. The van der Waals surface area contributed by atoms with Crippen molar-refractivity contribution in [2.75, 3.05) is 32.8 Å². The number of benzene rings is 1. The van der Waals surface area contributed by atoms with Crippen LogP contribution >= 0.6 is 0 Å². The van der Waals surface area contributed by atoms with E-state index in [1.807, 2.05) is 0 Å². The molecule has 1 unspecified atom stereocenters. The fourth-order valence-corrected chi connectivity index (χ4v) is 2.36. The zero-order valence-electron chi connectivity index (χ0n) is 12.0. The molecule has 0 saturated carbocycles. The first-order valence-electron chi connectivity index (χ1n) is 7.06. The van der Waals surface area contributed by atoms with E-state index >= 15 is 0 Å². The van der Waals surface area contributed by atoms with Crippen molar-refractivity contribution in [3.63, 3.8) is 0 Å². The standard InChI is InChI=1S/C15H20N2O4/c1-2-17-7-8-21-11(10-17)9-16-14(18)12-5-3-4-6-13(12)15(19)20/h3-6,11H,2,7-10H2,1H3,(H,16,18)(H,19,20). The van der Waals surface area contributed by atoms with Crippen LogP contribution in [0.15, 0.2) is 24.3 Å². The third-order valence-corrected chi connectivity index (χ3v) is 3.56. The second-order valence-corrected chi connectivity index (χ2v) is 4.95. The normalized spacial score (nSPS) is 19.2. The largest absolute Gasteiger partial charge is 0.478 e. The summed E-state index contributed by atoms with van der Waals surface area (Å²) in [5, 5.41) is 11.8.